The van der Waals surface area contributed by atoms with E-state index in [0.717, 1.165) is 31.6 Å². The van der Waals surface area contributed by atoms with Crippen molar-refractivity contribution >= 4 is 11.6 Å². The third-order valence-electron chi connectivity index (χ3n) is 3.11. The van der Waals surface area contributed by atoms with Gasteiger partial charge in [-0.3, -0.25) is 4.90 Å². The molecule has 0 aliphatic carbocycles. The molecule has 0 amide bonds. The van der Waals surface area contributed by atoms with Crippen LogP contribution in [0.5, 0.6) is 0 Å². The topological polar surface area (TPSA) is 29.3 Å². The van der Waals surface area contributed by atoms with Crippen LogP contribution in [0.15, 0.2) is 18.2 Å². The van der Waals surface area contributed by atoms with Gasteiger partial charge in [0.1, 0.15) is 5.82 Å². The van der Waals surface area contributed by atoms with Crippen molar-refractivity contribution in [3.8, 4) is 0 Å². The molecule has 1 aromatic carbocycles. The van der Waals surface area contributed by atoms with E-state index >= 15 is 0 Å². The molecule has 0 bridgehead atoms. The zero-order valence-corrected chi connectivity index (χ0v) is 9.88. The summed E-state index contributed by atoms with van der Waals surface area (Å²) in [5, 5.41) is 0.637. The van der Waals surface area contributed by atoms with Crippen LogP contribution in [0.25, 0.3) is 0 Å². The van der Waals surface area contributed by atoms with Gasteiger partial charge in [0.15, 0.2) is 0 Å². The molecule has 2 rings (SSSR count). The average Bonchev–Trinajstić information content (AvgIpc) is 2.71. The molecule has 1 fully saturated rings. The van der Waals surface area contributed by atoms with Crippen LogP contribution in [0, 0.1) is 11.7 Å². The minimum Gasteiger partial charge on any atom is -0.330 e. The molecule has 1 atom stereocenters. The molecule has 0 radical (unpaired) electrons. The Labute approximate surface area is 100 Å². The Bertz CT molecular complexity index is 370. The van der Waals surface area contributed by atoms with Crippen LogP contribution in [0.4, 0.5) is 4.39 Å². The monoisotopic (exact) mass is 242 g/mol. The van der Waals surface area contributed by atoms with E-state index in [1.54, 1.807) is 6.07 Å². The molecule has 1 aliphatic rings. The molecule has 0 saturated carbocycles. The highest BCUT2D eigenvalue weighted by molar-refractivity contribution is 6.31. The summed E-state index contributed by atoms with van der Waals surface area (Å²) in [5.41, 5.74) is 6.49. The van der Waals surface area contributed by atoms with Crippen molar-refractivity contribution in [1.82, 2.24) is 4.90 Å². The highest BCUT2D eigenvalue weighted by Crippen LogP contribution is 2.22. The van der Waals surface area contributed by atoms with Gasteiger partial charge in [-0.25, -0.2) is 4.39 Å². The minimum atomic E-state index is -0.228. The Morgan fingerprint density at radius 2 is 2.31 bits per heavy atom. The van der Waals surface area contributed by atoms with E-state index in [0.29, 0.717) is 17.5 Å². The Morgan fingerprint density at radius 3 is 3.00 bits per heavy atom. The maximum atomic E-state index is 13.1. The lowest BCUT2D eigenvalue weighted by atomic mass is 10.1. The molecule has 1 aliphatic heterocycles. The third-order valence-corrected chi connectivity index (χ3v) is 3.47. The molecule has 16 heavy (non-hydrogen) atoms. The summed E-state index contributed by atoms with van der Waals surface area (Å²) >= 11 is 6.03. The number of halogens is 2. The van der Waals surface area contributed by atoms with E-state index in [2.05, 4.69) is 4.90 Å². The van der Waals surface area contributed by atoms with Crippen molar-refractivity contribution in [2.24, 2.45) is 11.7 Å². The van der Waals surface area contributed by atoms with Gasteiger partial charge in [0.25, 0.3) is 0 Å². The first kappa shape index (κ1) is 11.8. The summed E-state index contributed by atoms with van der Waals surface area (Å²) in [4.78, 5) is 2.28. The molecule has 1 aromatic rings. The van der Waals surface area contributed by atoms with Gasteiger partial charge in [0.05, 0.1) is 0 Å². The first-order chi connectivity index (χ1) is 7.69. The molecular formula is C12H16ClFN2. The summed E-state index contributed by atoms with van der Waals surface area (Å²) in [6, 6.07) is 4.51. The number of rotatable bonds is 3. The van der Waals surface area contributed by atoms with E-state index in [1.165, 1.54) is 12.1 Å². The Kier molecular flexibility index (Phi) is 3.79. The zero-order valence-electron chi connectivity index (χ0n) is 9.13. The third kappa shape index (κ3) is 2.73. The maximum Gasteiger partial charge on any atom is 0.123 e. The predicted molar refractivity (Wildman–Crippen MR) is 63.8 cm³/mol. The van der Waals surface area contributed by atoms with Crippen LogP contribution in [-0.2, 0) is 6.54 Å². The molecule has 1 saturated heterocycles. The maximum absolute atomic E-state index is 13.1. The van der Waals surface area contributed by atoms with Gasteiger partial charge in [-0.05, 0) is 49.2 Å². The lowest BCUT2D eigenvalue weighted by Gasteiger charge is -2.16. The summed E-state index contributed by atoms with van der Waals surface area (Å²) in [6.07, 6.45) is 1.13. The van der Waals surface area contributed by atoms with Crippen LogP contribution in [0.1, 0.15) is 12.0 Å². The average molecular weight is 243 g/mol. The summed E-state index contributed by atoms with van der Waals surface area (Å²) in [5.74, 6) is 0.348. The molecule has 4 heteroatoms. The summed E-state index contributed by atoms with van der Waals surface area (Å²) in [7, 11) is 0. The van der Waals surface area contributed by atoms with Crippen molar-refractivity contribution in [1.29, 1.82) is 0 Å². The fourth-order valence-electron chi connectivity index (χ4n) is 2.15. The van der Waals surface area contributed by atoms with Crippen molar-refractivity contribution in [3.63, 3.8) is 0 Å². The molecular weight excluding hydrogens is 227 g/mol. The van der Waals surface area contributed by atoms with Crippen LogP contribution < -0.4 is 5.73 Å². The number of hydrogen-bond donors (Lipinski definition) is 1. The normalized spacial score (nSPS) is 21.6. The van der Waals surface area contributed by atoms with Gasteiger partial charge >= 0.3 is 0 Å². The first-order valence-corrected chi connectivity index (χ1v) is 5.93. The van der Waals surface area contributed by atoms with Gasteiger partial charge in [0.2, 0.25) is 0 Å². The predicted octanol–water partition coefficient (Wildman–Crippen LogP) is 2.26. The first-order valence-electron chi connectivity index (χ1n) is 5.55. The van der Waals surface area contributed by atoms with Crippen LogP contribution in [0.2, 0.25) is 5.02 Å². The van der Waals surface area contributed by atoms with E-state index in [4.69, 9.17) is 17.3 Å². The van der Waals surface area contributed by atoms with Crippen LogP contribution in [-0.4, -0.2) is 24.5 Å². The van der Waals surface area contributed by atoms with Gasteiger partial charge in [0, 0.05) is 18.1 Å². The lowest BCUT2D eigenvalue weighted by Crippen LogP contribution is -2.23. The second-order valence-electron chi connectivity index (χ2n) is 4.36. The number of likely N-dealkylation sites (tertiary alicyclic amines) is 1. The van der Waals surface area contributed by atoms with Gasteiger partial charge in [-0.2, -0.15) is 0 Å². The molecule has 2 N–H and O–H groups in total. The number of nitrogens with two attached hydrogens (primary N) is 1. The molecule has 88 valence electrons. The smallest absolute Gasteiger partial charge is 0.123 e. The zero-order chi connectivity index (χ0) is 11.5. The molecule has 1 unspecified atom stereocenters. The summed E-state index contributed by atoms with van der Waals surface area (Å²) in [6.45, 7) is 3.46. The fraction of sp³-hybridized carbons (Fsp3) is 0.500. The van der Waals surface area contributed by atoms with Crippen molar-refractivity contribution in [2.45, 2.75) is 13.0 Å². The quantitative estimate of drug-likeness (QED) is 0.881. The highest BCUT2D eigenvalue weighted by atomic mass is 35.5. The molecule has 2 nitrogen and oxygen atoms in total. The molecule has 0 spiro atoms. The second-order valence-corrected chi connectivity index (χ2v) is 4.77. The number of hydrogen-bond acceptors (Lipinski definition) is 2. The van der Waals surface area contributed by atoms with E-state index in [1.807, 2.05) is 0 Å². The van der Waals surface area contributed by atoms with Crippen molar-refractivity contribution in [2.75, 3.05) is 19.6 Å². The lowest BCUT2D eigenvalue weighted by molar-refractivity contribution is 0.317. The minimum absolute atomic E-state index is 0.228. The van der Waals surface area contributed by atoms with E-state index in [9.17, 15) is 4.39 Å². The van der Waals surface area contributed by atoms with Crippen LogP contribution >= 0.6 is 11.6 Å². The fourth-order valence-corrected chi connectivity index (χ4v) is 2.33. The van der Waals surface area contributed by atoms with Gasteiger partial charge in [-0.1, -0.05) is 11.6 Å². The van der Waals surface area contributed by atoms with Gasteiger partial charge < -0.3 is 5.73 Å². The Morgan fingerprint density at radius 1 is 1.50 bits per heavy atom. The Balaban J connectivity index is 2.01. The summed E-state index contributed by atoms with van der Waals surface area (Å²) < 4.78 is 13.1. The standard InChI is InChI=1S/C12H16ClFN2/c13-12-2-1-11(14)5-10(12)8-16-4-3-9(6-15)7-16/h1-2,5,9H,3-4,6-8,15H2. The molecule has 0 aromatic heterocycles. The molecule has 1 heterocycles. The van der Waals surface area contributed by atoms with E-state index in [-0.39, 0.29) is 5.82 Å². The largest absolute Gasteiger partial charge is 0.330 e. The second kappa shape index (κ2) is 5.13. The van der Waals surface area contributed by atoms with Crippen molar-refractivity contribution < 1.29 is 4.39 Å². The number of nitrogens with zero attached hydrogens (tertiary/aromatic N) is 1. The van der Waals surface area contributed by atoms with Crippen molar-refractivity contribution in [3.05, 3.63) is 34.6 Å². The number of benzene rings is 1. The van der Waals surface area contributed by atoms with Gasteiger partial charge in [-0.15, -0.1) is 0 Å². The SMILES string of the molecule is NCC1CCN(Cc2cc(F)ccc2Cl)C1. The van der Waals surface area contributed by atoms with E-state index < -0.39 is 0 Å². The Hall–Kier alpha value is -0.640. The highest BCUT2D eigenvalue weighted by Gasteiger charge is 2.21. The van der Waals surface area contributed by atoms with Crippen LogP contribution in [0.3, 0.4) is 0 Å².